The normalized spacial score (nSPS) is 13.6. The molecule has 2 aromatic rings. The van der Waals surface area contributed by atoms with Crippen molar-refractivity contribution < 1.29 is 19.0 Å². The van der Waals surface area contributed by atoms with E-state index in [1.54, 1.807) is 36.5 Å². The standard InChI is InChI=1S/C17H20N2O4S/c1-11-16(24-9-19-11)4-3-7-18-17(20)12(2)23-13-5-6-14-15(8-13)22-10-21-14/h5-6,8-9,12H,3-4,7,10H2,1-2H3,(H,18,20)/t12-/m1/s1. The Morgan fingerprint density at radius 3 is 3.04 bits per heavy atom. The van der Waals surface area contributed by atoms with Gasteiger partial charge in [-0.05, 0) is 38.8 Å². The quantitative estimate of drug-likeness (QED) is 0.779. The molecule has 2 heterocycles. The molecular weight excluding hydrogens is 328 g/mol. The van der Waals surface area contributed by atoms with Gasteiger partial charge < -0.3 is 19.5 Å². The Balaban J connectivity index is 1.42. The summed E-state index contributed by atoms with van der Waals surface area (Å²) in [6.07, 6.45) is 1.23. The Kier molecular flexibility index (Phi) is 5.20. The first-order chi connectivity index (χ1) is 11.6. The lowest BCUT2D eigenvalue weighted by Crippen LogP contribution is -2.36. The van der Waals surface area contributed by atoms with Crippen molar-refractivity contribution in [3.05, 3.63) is 34.3 Å². The highest BCUT2D eigenvalue weighted by molar-refractivity contribution is 7.09. The second-order valence-electron chi connectivity index (χ2n) is 5.53. The number of hydrogen-bond donors (Lipinski definition) is 1. The summed E-state index contributed by atoms with van der Waals surface area (Å²) in [4.78, 5) is 17.6. The molecule has 0 saturated carbocycles. The van der Waals surface area contributed by atoms with Gasteiger partial charge in [0.2, 0.25) is 6.79 Å². The molecule has 24 heavy (non-hydrogen) atoms. The fourth-order valence-corrected chi connectivity index (χ4v) is 3.20. The lowest BCUT2D eigenvalue weighted by Gasteiger charge is -2.15. The van der Waals surface area contributed by atoms with Crippen LogP contribution in [0.4, 0.5) is 0 Å². The van der Waals surface area contributed by atoms with E-state index in [-0.39, 0.29) is 12.7 Å². The van der Waals surface area contributed by atoms with Crippen molar-refractivity contribution in [1.82, 2.24) is 10.3 Å². The number of carbonyl (C=O) groups excluding carboxylic acids is 1. The number of nitrogens with one attached hydrogen (secondary N) is 1. The highest BCUT2D eigenvalue weighted by Crippen LogP contribution is 2.35. The van der Waals surface area contributed by atoms with Gasteiger partial charge in [-0.3, -0.25) is 4.79 Å². The van der Waals surface area contributed by atoms with Gasteiger partial charge in [0.1, 0.15) is 5.75 Å². The molecule has 6 nitrogen and oxygen atoms in total. The van der Waals surface area contributed by atoms with E-state index in [4.69, 9.17) is 14.2 Å². The second kappa shape index (κ2) is 7.53. The van der Waals surface area contributed by atoms with Crippen LogP contribution >= 0.6 is 11.3 Å². The first kappa shape index (κ1) is 16.6. The van der Waals surface area contributed by atoms with Crippen LogP contribution in [0.2, 0.25) is 0 Å². The highest BCUT2D eigenvalue weighted by atomic mass is 32.1. The van der Waals surface area contributed by atoms with E-state index in [0.29, 0.717) is 23.8 Å². The zero-order valence-electron chi connectivity index (χ0n) is 13.7. The lowest BCUT2D eigenvalue weighted by atomic mass is 10.2. The summed E-state index contributed by atoms with van der Waals surface area (Å²) in [7, 11) is 0. The molecule has 0 aliphatic carbocycles. The third-order valence-electron chi connectivity index (χ3n) is 3.75. The third-order valence-corrected chi connectivity index (χ3v) is 4.75. The topological polar surface area (TPSA) is 69.7 Å². The molecule has 1 aliphatic heterocycles. The van der Waals surface area contributed by atoms with E-state index in [1.807, 2.05) is 12.4 Å². The number of benzene rings is 1. The van der Waals surface area contributed by atoms with Crippen LogP contribution in [0.1, 0.15) is 23.9 Å². The maximum absolute atomic E-state index is 12.1. The summed E-state index contributed by atoms with van der Waals surface area (Å²) in [6, 6.07) is 5.28. The van der Waals surface area contributed by atoms with Gasteiger partial charge in [0, 0.05) is 17.5 Å². The number of aromatic nitrogens is 1. The smallest absolute Gasteiger partial charge is 0.260 e. The number of amides is 1. The van der Waals surface area contributed by atoms with Crippen molar-refractivity contribution >= 4 is 17.2 Å². The van der Waals surface area contributed by atoms with Crippen LogP contribution in [0.25, 0.3) is 0 Å². The molecule has 0 bridgehead atoms. The predicted molar refractivity (Wildman–Crippen MR) is 90.8 cm³/mol. The molecule has 1 amide bonds. The van der Waals surface area contributed by atoms with E-state index in [9.17, 15) is 4.79 Å². The van der Waals surface area contributed by atoms with Crippen LogP contribution in [0.5, 0.6) is 17.2 Å². The molecule has 1 aromatic heterocycles. The summed E-state index contributed by atoms with van der Waals surface area (Å²) < 4.78 is 16.2. The predicted octanol–water partition coefficient (Wildman–Crippen LogP) is 2.70. The summed E-state index contributed by atoms with van der Waals surface area (Å²) in [5, 5.41) is 2.90. The zero-order chi connectivity index (χ0) is 16.9. The lowest BCUT2D eigenvalue weighted by molar-refractivity contribution is -0.127. The van der Waals surface area contributed by atoms with E-state index in [1.165, 1.54) is 4.88 Å². The summed E-state index contributed by atoms with van der Waals surface area (Å²) in [5.74, 6) is 1.79. The first-order valence-corrected chi connectivity index (χ1v) is 8.74. The van der Waals surface area contributed by atoms with E-state index in [2.05, 4.69) is 10.3 Å². The van der Waals surface area contributed by atoms with E-state index >= 15 is 0 Å². The van der Waals surface area contributed by atoms with Crippen molar-refractivity contribution in [2.45, 2.75) is 32.8 Å². The van der Waals surface area contributed by atoms with Gasteiger partial charge >= 0.3 is 0 Å². The maximum Gasteiger partial charge on any atom is 0.260 e. The number of aryl methyl sites for hydroxylation is 2. The molecule has 0 saturated heterocycles. The number of fused-ring (bicyclic) bond motifs is 1. The number of nitrogens with zero attached hydrogens (tertiary/aromatic N) is 1. The fourth-order valence-electron chi connectivity index (χ4n) is 2.38. The second-order valence-corrected chi connectivity index (χ2v) is 6.47. The van der Waals surface area contributed by atoms with Crippen LogP contribution in [-0.4, -0.2) is 30.3 Å². The van der Waals surface area contributed by atoms with Crippen LogP contribution in [0.3, 0.4) is 0 Å². The van der Waals surface area contributed by atoms with Crippen LogP contribution < -0.4 is 19.5 Å². The Bertz CT molecular complexity index is 716. The van der Waals surface area contributed by atoms with Gasteiger partial charge in [-0.15, -0.1) is 11.3 Å². The van der Waals surface area contributed by atoms with Crippen molar-refractivity contribution in [2.75, 3.05) is 13.3 Å². The van der Waals surface area contributed by atoms with Crippen LogP contribution in [0, 0.1) is 6.92 Å². The molecule has 0 fully saturated rings. The SMILES string of the molecule is Cc1ncsc1CCCNC(=O)[C@@H](C)Oc1ccc2c(c1)OCO2. The van der Waals surface area contributed by atoms with Gasteiger partial charge in [-0.1, -0.05) is 0 Å². The number of thiazole rings is 1. The Labute approximate surface area is 144 Å². The minimum absolute atomic E-state index is 0.131. The summed E-state index contributed by atoms with van der Waals surface area (Å²) in [6.45, 7) is 4.57. The molecule has 1 aromatic carbocycles. The molecule has 128 valence electrons. The molecule has 1 N–H and O–H groups in total. The number of ether oxygens (including phenoxy) is 3. The number of rotatable bonds is 7. The third kappa shape index (κ3) is 3.97. The molecule has 3 rings (SSSR count). The Hall–Kier alpha value is -2.28. The summed E-state index contributed by atoms with van der Waals surface area (Å²) in [5.41, 5.74) is 2.93. The zero-order valence-corrected chi connectivity index (χ0v) is 14.5. The van der Waals surface area contributed by atoms with Crippen LogP contribution in [-0.2, 0) is 11.2 Å². The molecular formula is C17H20N2O4S. The van der Waals surface area contributed by atoms with Gasteiger partial charge in [0.25, 0.3) is 5.91 Å². The van der Waals surface area contributed by atoms with Gasteiger partial charge in [0.15, 0.2) is 17.6 Å². The Morgan fingerprint density at radius 1 is 1.42 bits per heavy atom. The largest absolute Gasteiger partial charge is 0.481 e. The van der Waals surface area contributed by atoms with Crippen molar-refractivity contribution in [3.63, 3.8) is 0 Å². The maximum atomic E-state index is 12.1. The number of carbonyl (C=O) groups is 1. The number of hydrogen-bond acceptors (Lipinski definition) is 6. The van der Waals surface area contributed by atoms with Gasteiger partial charge in [0.05, 0.1) is 11.2 Å². The van der Waals surface area contributed by atoms with Crippen molar-refractivity contribution in [3.8, 4) is 17.2 Å². The van der Waals surface area contributed by atoms with Crippen molar-refractivity contribution in [1.29, 1.82) is 0 Å². The minimum atomic E-state index is -0.574. The van der Waals surface area contributed by atoms with E-state index < -0.39 is 6.10 Å². The minimum Gasteiger partial charge on any atom is -0.481 e. The Morgan fingerprint density at radius 2 is 2.25 bits per heavy atom. The molecule has 0 unspecified atom stereocenters. The van der Waals surface area contributed by atoms with E-state index in [0.717, 1.165) is 18.5 Å². The molecule has 1 aliphatic rings. The first-order valence-electron chi connectivity index (χ1n) is 7.86. The fraction of sp³-hybridized carbons (Fsp3) is 0.412. The van der Waals surface area contributed by atoms with Gasteiger partial charge in [-0.25, -0.2) is 4.98 Å². The summed E-state index contributed by atoms with van der Waals surface area (Å²) >= 11 is 1.66. The van der Waals surface area contributed by atoms with Crippen LogP contribution in [0.15, 0.2) is 23.7 Å². The van der Waals surface area contributed by atoms with Gasteiger partial charge in [-0.2, -0.15) is 0 Å². The average Bonchev–Trinajstić information content (AvgIpc) is 3.19. The molecule has 7 heteroatoms. The molecule has 0 spiro atoms. The molecule has 0 radical (unpaired) electrons. The average molecular weight is 348 g/mol. The monoisotopic (exact) mass is 348 g/mol. The highest BCUT2D eigenvalue weighted by Gasteiger charge is 2.18. The molecule has 1 atom stereocenters. The van der Waals surface area contributed by atoms with Crippen molar-refractivity contribution in [2.24, 2.45) is 0 Å².